The fourth-order valence-electron chi connectivity index (χ4n) is 1.98. The number of pyridine rings is 1. The normalized spacial score (nSPS) is 10.4. The molecular weight excluding hydrogens is 329 g/mol. The number of aromatic nitrogens is 3. The molecule has 1 aromatic carbocycles. The van der Waals surface area contributed by atoms with Crippen molar-refractivity contribution in [2.45, 2.75) is 13.0 Å². The molecule has 2 amide bonds. The highest BCUT2D eigenvalue weighted by atomic mass is 32.1. The Balaban J connectivity index is 1.51. The van der Waals surface area contributed by atoms with Crippen molar-refractivity contribution in [2.75, 3.05) is 5.32 Å². The lowest BCUT2D eigenvalue weighted by Gasteiger charge is -2.04. The van der Waals surface area contributed by atoms with Gasteiger partial charge in [-0.15, -0.1) is 10.2 Å². The minimum Gasteiger partial charge on any atom is -0.334 e. The van der Waals surface area contributed by atoms with Gasteiger partial charge in [-0.3, -0.25) is 10.3 Å². The van der Waals surface area contributed by atoms with Crippen LogP contribution >= 0.6 is 11.3 Å². The molecule has 3 rings (SSSR count). The maximum atomic E-state index is 12.9. The van der Waals surface area contributed by atoms with E-state index in [0.29, 0.717) is 18.1 Å². The lowest BCUT2D eigenvalue weighted by molar-refractivity contribution is 0.251. The molecule has 0 bridgehead atoms. The highest BCUT2D eigenvalue weighted by molar-refractivity contribution is 7.15. The highest BCUT2D eigenvalue weighted by Crippen LogP contribution is 2.18. The summed E-state index contributed by atoms with van der Waals surface area (Å²) in [6.45, 7) is 0.376. The van der Waals surface area contributed by atoms with Gasteiger partial charge in [-0.2, -0.15) is 0 Å². The van der Waals surface area contributed by atoms with Crippen LogP contribution in [-0.2, 0) is 13.0 Å². The summed E-state index contributed by atoms with van der Waals surface area (Å²) in [6, 6.07) is 9.53. The van der Waals surface area contributed by atoms with E-state index < -0.39 is 0 Å². The predicted molar refractivity (Wildman–Crippen MR) is 89.2 cm³/mol. The second-order valence-electron chi connectivity index (χ2n) is 4.97. The number of carbonyl (C=O) groups excluding carboxylic acids is 1. The molecule has 0 spiro atoms. The van der Waals surface area contributed by atoms with Crippen molar-refractivity contribution in [2.24, 2.45) is 0 Å². The molecule has 0 aliphatic heterocycles. The predicted octanol–water partition coefficient (Wildman–Crippen LogP) is 2.98. The largest absolute Gasteiger partial charge is 0.334 e. The first-order chi connectivity index (χ1) is 11.7. The Bertz CT molecular complexity index is 807. The molecule has 8 heteroatoms. The minimum atomic E-state index is -0.358. The maximum Gasteiger partial charge on any atom is 0.321 e. The molecule has 24 heavy (non-hydrogen) atoms. The fourth-order valence-corrected chi connectivity index (χ4v) is 2.75. The zero-order valence-corrected chi connectivity index (χ0v) is 13.4. The van der Waals surface area contributed by atoms with Crippen LogP contribution in [0.3, 0.4) is 0 Å². The van der Waals surface area contributed by atoms with Crippen LogP contribution in [-0.4, -0.2) is 21.2 Å². The topological polar surface area (TPSA) is 79.8 Å². The summed E-state index contributed by atoms with van der Waals surface area (Å²) >= 11 is 1.28. The van der Waals surface area contributed by atoms with Crippen molar-refractivity contribution in [1.82, 2.24) is 20.5 Å². The van der Waals surface area contributed by atoms with Crippen molar-refractivity contribution < 1.29 is 9.18 Å². The first kappa shape index (κ1) is 16.0. The van der Waals surface area contributed by atoms with Crippen LogP contribution in [0.2, 0.25) is 0 Å². The standard InChI is InChI=1S/C16H14FN5OS/c17-13-5-3-11(4-6-13)8-14-21-22-16(24-14)20-15(23)19-10-12-2-1-7-18-9-12/h1-7,9H,8,10H2,(H2,19,20,22,23). The summed E-state index contributed by atoms with van der Waals surface area (Å²) in [5, 5.41) is 14.5. The number of carbonyl (C=O) groups is 1. The highest BCUT2D eigenvalue weighted by Gasteiger charge is 2.08. The number of benzene rings is 1. The fraction of sp³-hybridized carbons (Fsp3) is 0.125. The summed E-state index contributed by atoms with van der Waals surface area (Å²) in [5.74, 6) is -0.274. The van der Waals surface area contributed by atoms with Gasteiger partial charge in [-0.05, 0) is 29.3 Å². The van der Waals surface area contributed by atoms with E-state index in [1.54, 1.807) is 30.6 Å². The first-order valence-corrected chi connectivity index (χ1v) is 8.01. The summed E-state index contributed by atoms with van der Waals surface area (Å²) in [7, 11) is 0. The van der Waals surface area contributed by atoms with Crippen LogP contribution in [0.5, 0.6) is 0 Å². The van der Waals surface area contributed by atoms with E-state index in [-0.39, 0.29) is 11.8 Å². The van der Waals surface area contributed by atoms with Crippen molar-refractivity contribution >= 4 is 22.5 Å². The van der Waals surface area contributed by atoms with Crippen LogP contribution < -0.4 is 10.6 Å². The van der Waals surface area contributed by atoms with E-state index >= 15 is 0 Å². The third-order valence-electron chi connectivity index (χ3n) is 3.13. The van der Waals surface area contributed by atoms with Crippen molar-refractivity contribution in [3.8, 4) is 0 Å². The average molecular weight is 343 g/mol. The summed E-state index contributed by atoms with van der Waals surface area (Å²) in [6.07, 6.45) is 3.90. The molecule has 0 saturated carbocycles. The second-order valence-corrected chi connectivity index (χ2v) is 6.04. The molecule has 2 aromatic heterocycles. The van der Waals surface area contributed by atoms with E-state index in [2.05, 4.69) is 25.8 Å². The van der Waals surface area contributed by atoms with E-state index in [4.69, 9.17) is 0 Å². The van der Waals surface area contributed by atoms with Crippen molar-refractivity contribution in [3.63, 3.8) is 0 Å². The number of rotatable bonds is 5. The molecule has 0 saturated heterocycles. The summed E-state index contributed by atoms with van der Waals surface area (Å²) < 4.78 is 12.9. The van der Waals surface area contributed by atoms with Crippen molar-refractivity contribution in [3.05, 3.63) is 70.7 Å². The Labute approximate surface area is 141 Å². The quantitative estimate of drug-likeness (QED) is 0.746. The van der Waals surface area contributed by atoms with Crippen LogP contribution in [0.4, 0.5) is 14.3 Å². The monoisotopic (exact) mass is 343 g/mol. The number of hydrogen-bond acceptors (Lipinski definition) is 5. The number of amides is 2. The number of halogens is 1. The second kappa shape index (κ2) is 7.60. The molecule has 0 atom stereocenters. The number of nitrogens with zero attached hydrogens (tertiary/aromatic N) is 3. The van der Waals surface area contributed by atoms with Crippen LogP contribution in [0.25, 0.3) is 0 Å². The van der Waals surface area contributed by atoms with E-state index in [1.165, 1.54) is 23.5 Å². The van der Waals surface area contributed by atoms with E-state index in [9.17, 15) is 9.18 Å². The van der Waals surface area contributed by atoms with Gasteiger partial charge in [0.1, 0.15) is 10.8 Å². The summed E-state index contributed by atoms with van der Waals surface area (Å²) in [5.41, 5.74) is 1.84. The molecule has 0 aliphatic rings. The zero-order valence-electron chi connectivity index (χ0n) is 12.6. The minimum absolute atomic E-state index is 0.274. The van der Waals surface area contributed by atoms with Crippen LogP contribution in [0.1, 0.15) is 16.1 Å². The molecule has 0 aliphatic carbocycles. The molecule has 0 fully saturated rings. The summed E-state index contributed by atoms with van der Waals surface area (Å²) in [4.78, 5) is 15.8. The zero-order chi connectivity index (χ0) is 16.8. The van der Waals surface area contributed by atoms with Gasteiger partial charge < -0.3 is 5.32 Å². The van der Waals surface area contributed by atoms with Gasteiger partial charge in [-0.1, -0.05) is 29.5 Å². The van der Waals surface area contributed by atoms with Gasteiger partial charge in [0.25, 0.3) is 0 Å². The maximum absolute atomic E-state index is 12.9. The SMILES string of the molecule is O=C(NCc1cccnc1)Nc1nnc(Cc2ccc(F)cc2)s1. The molecule has 6 nitrogen and oxygen atoms in total. The Morgan fingerprint density at radius 3 is 2.71 bits per heavy atom. The number of nitrogens with one attached hydrogen (secondary N) is 2. The van der Waals surface area contributed by atoms with Gasteiger partial charge in [0.05, 0.1) is 0 Å². The van der Waals surface area contributed by atoms with Crippen LogP contribution in [0, 0.1) is 5.82 Å². The van der Waals surface area contributed by atoms with Gasteiger partial charge in [0.15, 0.2) is 0 Å². The van der Waals surface area contributed by atoms with Crippen LogP contribution in [0.15, 0.2) is 48.8 Å². The molecule has 122 valence electrons. The van der Waals surface area contributed by atoms with Gasteiger partial charge in [0.2, 0.25) is 5.13 Å². The molecule has 2 N–H and O–H groups in total. The lowest BCUT2D eigenvalue weighted by atomic mass is 10.2. The third-order valence-corrected chi connectivity index (χ3v) is 3.97. The van der Waals surface area contributed by atoms with Gasteiger partial charge in [0, 0.05) is 25.4 Å². The Morgan fingerprint density at radius 1 is 1.12 bits per heavy atom. The average Bonchev–Trinajstić information content (AvgIpc) is 3.03. The number of hydrogen-bond donors (Lipinski definition) is 2. The third kappa shape index (κ3) is 4.56. The van der Waals surface area contributed by atoms with E-state index in [1.807, 2.05) is 6.07 Å². The Kier molecular flexibility index (Phi) is 5.07. The molecular formula is C16H14FN5OS. The molecule has 3 aromatic rings. The number of anilines is 1. The smallest absolute Gasteiger partial charge is 0.321 e. The Morgan fingerprint density at radius 2 is 1.96 bits per heavy atom. The first-order valence-electron chi connectivity index (χ1n) is 7.19. The van der Waals surface area contributed by atoms with Gasteiger partial charge >= 0.3 is 6.03 Å². The molecule has 0 unspecified atom stereocenters. The van der Waals surface area contributed by atoms with E-state index in [0.717, 1.165) is 16.1 Å². The van der Waals surface area contributed by atoms with Gasteiger partial charge in [-0.25, -0.2) is 9.18 Å². The molecule has 2 heterocycles. The molecule has 0 radical (unpaired) electrons. The van der Waals surface area contributed by atoms with Crippen molar-refractivity contribution in [1.29, 1.82) is 0 Å². The number of urea groups is 1. The lowest BCUT2D eigenvalue weighted by Crippen LogP contribution is -2.28. The Hall–Kier alpha value is -2.87.